The van der Waals surface area contributed by atoms with Crippen LogP contribution in [0.25, 0.3) is 21.9 Å². The SMILES string of the molecule is C[N+]1=CC=CC=C(NC(=O)Nc2cccc3c2ccn3Cc2ccnc3[nH]ccc23)C1. The smallest absolute Gasteiger partial charge is 0.323 e. The number of aromatic amines is 1. The van der Waals surface area contributed by atoms with E-state index in [2.05, 4.69) is 37.4 Å². The van der Waals surface area contributed by atoms with E-state index in [0.717, 1.165) is 39.9 Å². The lowest BCUT2D eigenvalue weighted by Crippen LogP contribution is -2.31. The molecule has 0 saturated carbocycles. The monoisotopic (exact) mass is 411 g/mol. The Kier molecular flexibility index (Phi) is 4.84. The van der Waals surface area contributed by atoms with Crippen molar-refractivity contribution in [2.24, 2.45) is 0 Å². The highest BCUT2D eigenvalue weighted by molar-refractivity contribution is 6.01. The fourth-order valence-electron chi connectivity index (χ4n) is 3.93. The second-order valence-corrected chi connectivity index (χ2v) is 7.61. The van der Waals surface area contributed by atoms with Crippen LogP contribution in [0.3, 0.4) is 0 Å². The molecule has 7 heteroatoms. The summed E-state index contributed by atoms with van der Waals surface area (Å²) in [5.41, 5.74) is 4.75. The highest BCUT2D eigenvalue weighted by atomic mass is 16.2. The van der Waals surface area contributed by atoms with Crippen molar-refractivity contribution in [3.05, 3.63) is 84.5 Å². The van der Waals surface area contributed by atoms with Crippen LogP contribution < -0.4 is 10.6 Å². The molecule has 0 saturated heterocycles. The molecule has 0 unspecified atom stereocenters. The number of fused-ring (bicyclic) bond motifs is 2. The summed E-state index contributed by atoms with van der Waals surface area (Å²) in [5, 5.41) is 8.06. The van der Waals surface area contributed by atoms with Gasteiger partial charge >= 0.3 is 6.03 Å². The predicted octanol–water partition coefficient (Wildman–Crippen LogP) is 3.85. The first-order valence-electron chi connectivity index (χ1n) is 10.2. The lowest BCUT2D eigenvalue weighted by molar-refractivity contribution is -0.483. The van der Waals surface area contributed by atoms with E-state index in [0.29, 0.717) is 6.54 Å². The number of urea groups is 1. The van der Waals surface area contributed by atoms with E-state index in [-0.39, 0.29) is 6.03 Å². The Morgan fingerprint density at radius 3 is 3.03 bits per heavy atom. The first-order valence-corrected chi connectivity index (χ1v) is 10.2. The van der Waals surface area contributed by atoms with Crippen LogP contribution in [0.5, 0.6) is 0 Å². The summed E-state index contributed by atoms with van der Waals surface area (Å²) >= 11 is 0. The number of rotatable bonds is 4. The predicted molar refractivity (Wildman–Crippen MR) is 124 cm³/mol. The maximum absolute atomic E-state index is 12.6. The molecule has 1 aliphatic rings. The fourth-order valence-corrected chi connectivity index (χ4v) is 3.93. The van der Waals surface area contributed by atoms with Crippen LogP contribution in [-0.2, 0) is 6.54 Å². The number of hydrogen-bond donors (Lipinski definition) is 3. The molecule has 0 spiro atoms. The van der Waals surface area contributed by atoms with Crippen LogP contribution >= 0.6 is 0 Å². The molecular formula is C24H23N6O+. The Bertz CT molecular complexity index is 1370. The average molecular weight is 411 g/mol. The highest BCUT2D eigenvalue weighted by Crippen LogP contribution is 2.26. The number of amides is 2. The van der Waals surface area contributed by atoms with Crippen molar-refractivity contribution in [3.63, 3.8) is 0 Å². The maximum atomic E-state index is 12.6. The number of H-pyrrole nitrogens is 1. The van der Waals surface area contributed by atoms with E-state index in [1.54, 1.807) is 0 Å². The summed E-state index contributed by atoms with van der Waals surface area (Å²) in [6.07, 6.45) is 13.5. The zero-order chi connectivity index (χ0) is 21.2. The van der Waals surface area contributed by atoms with Crippen molar-refractivity contribution in [1.29, 1.82) is 0 Å². The van der Waals surface area contributed by atoms with Crippen LogP contribution in [0.2, 0.25) is 0 Å². The van der Waals surface area contributed by atoms with Gasteiger partial charge in [-0.25, -0.2) is 14.4 Å². The maximum Gasteiger partial charge on any atom is 0.323 e. The summed E-state index contributed by atoms with van der Waals surface area (Å²) in [6.45, 7) is 1.36. The van der Waals surface area contributed by atoms with Gasteiger partial charge in [0.1, 0.15) is 12.7 Å². The molecule has 0 fully saturated rings. The minimum atomic E-state index is -0.252. The molecule has 3 N–H and O–H groups in total. The molecule has 31 heavy (non-hydrogen) atoms. The number of benzene rings is 1. The third-order valence-electron chi connectivity index (χ3n) is 5.40. The molecule has 1 aliphatic heterocycles. The molecule has 0 atom stereocenters. The normalized spacial score (nSPS) is 13.7. The lowest BCUT2D eigenvalue weighted by Gasteiger charge is -2.11. The summed E-state index contributed by atoms with van der Waals surface area (Å²) in [7, 11) is 1.97. The molecule has 0 radical (unpaired) electrons. The Hall–Kier alpha value is -4.13. The summed E-state index contributed by atoms with van der Waals surface area (Å²) < 4.78 is 4.20. The van der Waals surface area contributed by atoms with Gasteiger partial charge in [-0.2, -0.15) is 0 Å². The second-order valence-electron chi connectivity index (χ2n) is 7.61. The quantitative estimate of drug-likeness (QED) is 0.446. The number of anilines is 1. The van der Waals surface area contributed by atoms with Gasteiger partial charge in [0.05, 0.1) is 16.9 Å². The van der Waals surface area contributed by atoms with E-state index in [4.69, 9.17) is 0 Å². The number of hydrogen-bond acceptors (Lipinski definition) is 2. The van der Waals surface area contributed by atoms with E-state index >= 15 is 0 Å². The van der Waals surface area contributed by atoms with Gasteiger partial charge in [-0.3, -0.25) is 0 Å². The Balaban J connectivity index is 1.37. The number of carbonyl (C=O) groups is 1. The van der Waals surface area contributed by atoms with Gasteiger partial charge in [0.15, 0.2) is 12.8 Å². The number of likely N-dealkylation sites (N-methyl/N-ethyl adjacent to an activating group) is 1. The van der Waals surface area contributed by atoms with Crippen molar-refractivity contribution in [2.75, 3.05) is 18.9 Å². The number of nitrogens with zero attached hydrogens (tertiary/aromatic N) is 3. The number of pyridine rings is 1. The molecule has 5 rings (SSSR count). The minimum Gasteiger partial charge on any atom is -0.346 e. The van der Waals surface area contributed by atoms with Crippen molar-refractivity contribution in [2.45, 2.75) is 6.54 Å². The zero-order valence-corrected chi connectivity index (χ0v) is 17.2. The highest BCUT2D eigenvalue weighted by Gasteiger charge is 2.13. The Morgan fingerprint density at radius 2 is 2.10 bits per heavy atom. The van der Waals surface area contributed by atoms with Crippen LogP contribution in [0.1, 0.15) is 5.56 Å². The van der Waals surface area contributed by atoms with E-state index in [9.17, 15) is 4.79 Å². The van der Waals surface area contributed by atoms with Crippen molar-refractivity contribution in [3.8, 4) is 0 Å². The topological polar surface area (TPSA) is 77.8 Å². The van der Waals surface area contributed by atoms with E-state index < -0.39 is 0 Å². The average Bonchev–Trinajstić information content (AvgIpc) is 3.34. The molecule has 1 aromatic carbocycles. The summed E-state index contributed by atoms with van der Waals surface area (Å²) in [5.74, 6) is 0. The standard InChI is InChI=1S/C24H22N6O/c1-29-13-3-2-5-18(16-29)27-24(31)28-21-6-4-7-22-20(21)10-14-30(22)15-17-8-11-25-23-19(17)9-12-26-23/h2-14H,15-16H2,1H3,(H2,25,26,28,31)/p+1. The summed E-state index contributed by atoms with van der Waals surface area (Å²) in [6, 6.07) is 11.8. The van der Waals surface area contributed by atoms with Gasteiger partial charge in [-0.15, -0.1) is 0 Å². The van der Waals surface area contributed by atoms with Crippen LogP contribution in [-0.4, -0.2) is 44.9 Å². The molecule has 4 aromatic rings. The van der Waals surface area contributed by atoms with Gasteiger partial charge in [-0.05, 0) is 42.0 Å². The molecular weight excluding hydrogens is 388 g/mol. The third-order valence-corrected chi connectivity index (χ3v) is 5.40. The number of aromatic nitrogens is 3. The van der Waals surface area contributed by atoms with E-state index in [1.165, 1.54) is 5.56 Å². The van der Waals surface area contributed by atoms with Crippen LogP contribution in [0.4, 0.5) is 10.5 Å². The van der Waals surface area contributed by atoms with Crippen molar-refractivity contribution >= 4 is 39.9 Å². The Labute approximate surface area is 179 Å². The van der Waals surface area contributed by atoms with Gasteiger partial charge in [-0.1, -0.05) is 12.1 Å². The van der Waals surface area contributed by atoms with Crippen molar-refractivity contribution < 1.29 is 9.37 Å². The molecule has 7 nitrogen and oxygen atoms in total. The molecule has 2 amide bonds. The van der Waals surface area contributed by atoms with E-state index in [1.807, 2.05) is 78.8 Å². The van der Waals surface area contributed by atoms with Crippen LogP contribution in [0, 0.1) is 0 Å². The van der Waals surface area contributed by atoms with Gasteiger partial charge in [0.25, 0.3) is 0 Å². The van der Waals surface area contributed by atoms with Crippen molar-refractivity contribution in [1.82, 2.24) is 19.9 Å². The fraction of sp³-hybridized carbons (Fsp3) is 0.125. The summed E-state index contributed by atoms with van der Waals surface area (Å²) in [4.78, 5) is 20.1. The molecule has 0 aliphatic carbocycles. The molecule has 4 heterocycles. The molecule has 3 aromatic heterocycles. The molecule has 0 bridgehead atoms. The molecule has 154 valence electrons. The van der Waals surface area contributed by atoms with Gasteiger partial charge < -0.3 is 20.2 Å². The zero-order valence-electron chi connectivity index (χ0n) is 17.2. The first-order chi connectivity index (χ1) is 15.2. The largest absolute Gasteiger partial charge is 0.346 e. The minimum absolute atomic E-state index is 0.252. The number of carbonyl (C=O) groups excluding carboxylic acids is 1. The number of allylic oxidation sites excluding steroid dienone is 3. The van der Waals surface area contributed by atoms with Crippen LogP contribution in [0.15, 0.2) is 78.9 Å². The Morgan fingerprint density at radius 1 is 1.16 bits per heavy atom. The van der Waals surface area contributed by atoms with Gasteiger partial charge in [0.2, 0.25) is 0 Å². The lowest BCUT2D eigenvalue weighted by atomic mass is 10.2. The van der Waals surface area contributed by atoms with Gasteiger partial charge in [0, 0.05) is 42.0 Å². The first kappa shape index (κ1) is 18.9. The third kappa shape index (κ3) is 3.85. The second kappa shape index (κ2) is 7.95. The number of nitrogens with one attached hydrogen (secondary N) is 3.